The van der Waals surface area contributed by atoms with Gasteiger partial charge in [-0.15, -0.1) is 0 Å². The zero-order valence-corrected chi connectivity index (χ0v) is 8.90. The van der Waals surface area contributed by atoms with Crippen molar-refractivity contribution in [1.29, 1.82) is 0 Å². The van der Waals surface area contributed by atoms with E-state index >= 15 is 0 Å². The third-order valence-corrected chi connectivity index (χ3v) is 1.88. The van der Waals surface area contributed by atoms with Crippen LogP contribution in [0.5, 0.6) is 5.75 Å². The Bertz CT molecular complexity index is 379. The van der Waals surface area contributed by atoms with Gasteiger partial charge in [-0.05, 0) is 18.5 Å². The molecule has 0 N–H and O–H groups in total. The van der Waals surface area contributed by atoms with Crippen molar-refractivity contribution in [3.8, 4) is 5.75 Å². The number of esters is 1. The van der Waals surface area contributed by atoms with Gasteiger partial charge >= 0.3 is 5.97 Å². The van der Waals surface area contributed by atoms with Crippen molar-refractivity contribution in [3.05, 3.63) is 30.3 Å². The summed E-state index contributed by atoms with van der Waals surface area (Å²) in [4.78, 5) is 11.7. The van der Waals surface area contributed by atoms with Gasteiger partial charge in [0.2, 0.25) is 0 Å². The molecule has 1 rings (SSSR count). The van der Waals surface area contributed by atoms with Crippen LogP contribution in [0.4, 0.5) is 0 Å². The molecular weight excluding hydrogens is 188 g/mol. The lowest BCUT2D eigenvalue weighted by molar-refractivity contribution is -0.134. The minimum absolute atomic E-state index is 0.300. The van der Waals surface area contributed by atoms with E-state index in [0.717, 1.165) is 12.8 Å². The fraction of sp³-hybridized carbons (Fsp3) is 0.462. The number of hydrogen-bond donors (Lipinski definition) is 0. The highest BCUT2D eigenvalue weighted by atomic mass is 16.5. The predicted molar refractivity (Wildman–Crippen MR) is 60.8 cm³/mol. The van der Waals surface area contributed by atoms with Gasteiger partial charge < -0.3 is 4.74 Å². The van der Waals surface area contributed by atoms with Crippen molar-refractivity contribution in [2.24, 2.45) is 0 Å². The maximum atomic E-state index is 11.7. The number of carbonyl (C=O) groups is 1. The highest BCUT2D eigenvalue weighted by Gasteiger charge is 2.03. The average Bonchev–Trinajstić information content (AvgIpc) is 2.36. The average molecular weight is 209 g/mol. The zero-order valence-electron chi connectivity index (χ0n) is 11.9. The molecule has 0 aliphatic heterocycles. The Labute approximate surface area is 95.5 Å². The molecule has 0 amide bonds. The van der Waals surface area contributed by atoms with E-state index in [-0.39, 0.29) is 0 Å². The zero-order chi connectivity index (χ0) is 13.6. The summed E-state index contributed by atoms with van der Waals surface area (Å²) in [6, 6.07) is 8.35. The van der Waals surface area contributed by atoms with Gasteiger partial charge in [0, 0.05) is 10.5 Å². The van der Waals surface area contributed by atoms with E-state index in [1.165, 1.54) is 0 Å². The van der Waals surface area contributed by atoms with Gasteiger partial charge in [0.15, 0.2) is 0 Å². The molecule has 2 heteroatoms. The van der Waals surface area contributed by atoms with E-state index < -0.39 is 18.7 Å². The first-order valence-corrected chi connectivity index (χ1v) is 5.18. The van der Waals surface area contributed by atoms with Crippen molar-refractivity contribution < 1.29 is 13.6 Å². The number of ether oxygens (including phenoxy) is 1. The lowest BCUT2D eigenvalue weighted by Gasteiger charge is -2.03. The molecule has 0 aliphatic carbocycles. The molecule has 0 aromatic heterocycles. The van der Waals surface area contributed by atoms with Crippen LogP contribution < -0.4 is 4.74 Å². The Hall–Kier alpha value is -1.31. The fourth-order valence-electron chi connectivity index (χ4n) is 1.09. The summed E-state index contributed by atoms with van der Waals surface area (Å²) in [5.41, 5.74) is 0. The molecule has 0 spiro atoms. The van der Waals surface area contributed by atoms with E-state index in [2.05, 4.69) is 0 Å². The van der Waals surface area contributed by atoms with Gasteiger partial charge in [0.25, 0.3) is 0 Å². The Kier molecular flexibility index (Phi) is 3.72. The van der Waals surface area contributed by atoms with Crippen LogP contribution in [0.15, 0.2) is 30.3 Å². The predicted octanol–water partition coefficient (Wildman–Crippen LogP) is 3.56. The maximum Gasteiger partial charge on any atom is 0.311 e. The van der Waals surface area contributed by atoms with Gasteiger partial charge in [0.1, 0.15) is 5.75 Å². The number of hydrogen-bond acceptors (Lipinski definition) is 2. The second-order valence-electron chi connectivity index (χ2n) is 3.19. The number of benzene rings is 1. The third kappa shape index (κ3) is 5.21. The molecule has 0 radical (unpaired) electrons. The van der Waals surface area contributed by atoms with Gasteiger partial charge in [-0.25, -0.2) is 0 Å². The Morgan fingerprint density at radius 2 is 2.07 bits per heavy atom. The van der Waals surface area contributed by atoms with Gasteiger partial charge in [-0.2, -0.15) is 0 Å². The van der Waals surface area contributed by atoms with E-state index in [9.17, 15) is 4.79 Å². The Morgan fingerprint density at radius 3 is 2.73 bits per heavy atom. The van der Waals surface area contributed by atoms with Crippen molar-refractivity contribution in [2.75, 3.05) is 0 Å². The van der Waals surface area contributed by atoms with Crippen molar-refractivity contribution in [2.45, 2.75) is 39.0 Å². The topological polar surface area (TPSA) is 26.3 Å². The van der Waals surface area contributed by atoms with Crippen LogP contribution in [-0.2, 0) is 4.79 Å². The number of carbonyl (C=O) groups excluding carboxylic acids is 1. The minimum Gasteiger partial charge on any atom is -0.427 e. The van der Waals surface area contributed by atoms with Crippen LogP contribution in [0.3, 0.4) is 0 Å². The number of rotatable bonds is 6. The van der Waals surface area contributed by atoms with Gasteiger partial charge in [0.05, 0.1) is 0 Å². The van der Waals surface area contributed by atoms with Crippen LogP contribution in [0.25, 0.3) is 0 Å². The Balaban J connectivity index is 2.64. The maximum absolute atomic E-state index is 11.7. The molecular formula is C13H18O2. The standard InChI is InChI=1S/C13H18O2/c1-2-3-4-8-11-13(14)15-12-9-6-5-7-10-12/h5-7,9-10H,2-4,8,11H2,1H3/i8D,11D2. The smallest absolute Gasteiger partial charge is 0.311 e. The second-order valence-corrected chi connectivity index (χ2v) is 3.19. The third-order valence-electron chi connectivity index (χ3n) is 1.88. The van der Waals surface area contributed by atoms with E-state index in [1.54, 1.807) is 30.3 Å². The summed E-state index contributed by atoms with van der Waals surface area (Å²) in [6.45, 7) is 1.96. The van der Waals surface area contributed by atoms with Gasteiger partial charge in [-0.3, -0.25) is 4.79 Å². The molecule has 0 saturated heterocycles. The van der Waals surface area contributed by atoms with Crippen LogP contribution in [0.2, 0.25) is 0 Å². The molecule has 1 aromatic carbocycles. The van der Waals surface area contributed by atoms with Crippen molar-refractivity contribution >= 4 is 5.97 Å². The first-order valence-electron chi connectivity index (χ1n) is 6.75. The highest BCUT2D eigenvalue weighted by molar-refractivity contribution is 5.72. The molecule has 1 unspecified atom stereocenters. The van der Waals surface area contributed by atoms with Crippen LogP contribution >= 0.6 is 0 Å². The number of para-hydroxylation sites is 1. The summed E-state index contributed by atoms with van der Waals surface area (Å²) >= 11 is 0. The molecule has 0 heterocycles. The highest BCUT2D eigenvalue weighted by Crippen LogP contribution is 2.10. The van der Waals surface area contributed by atoms with E-state index in [1.807, 2.05) is 6.92 Å². The second kappa shape index (κ2) is 7.04. The molecule has 0 bridgehead atoms. The summed E-state index contributed by atoms with van der Waals surface area (Å²) in [5.74, 6) is -0.695. The molecule has 15 heavy (non-hydrogen) atoms. The molecule has 0 aliphatic rings. The lowest BCUT2D eigenvalue weighted by atomic mass is 10.1. The minimum atomic E-state index is -2.27. The van der Waals surface area contributed by atoms with Crippen LogP contribution in [0, 0.1) is 0 Å². The summed E-state index contributed by atoms with van der Waals surface area (Å²) in [6.07, 6.45) is -1.40. The number of unbranched alkanes of at least 4 members (excludes halogenated alkanes) is 1. The Morgan fingerprint density at radius 1 is 1.33 bits per heavy atom. The molecule has 82 valence electrons. The summed E-state index contributed by atoms with van der Waals surface area (Å²) in [5, 5.41) is 0. The monoisotopic (exact) mass is 209 g/mol. The van der Waals surface area contributed by atoms with Crippen LogP contribution in [0.1, 0.15) is 43.1 Å². The molecule has 1 aromatic rings. The molecule has 0 saturated carbocycles. The van der Waals surface area contributed by atoms with Gasteiger partial charge in [-0.1, -0.05) is 44.4 Å². The summed E-state index contributed by atoms with van der Waals surface area (Å²) < 4.78 is 28.0. The van der Waals surface area contributed by atoms with Crippen LogP contribution in [-0.4, -0.2) is 5.97 Å². The largest absolute Gasteiger partial charge is 0.427 e. The fourth-order valence-corrected chi connectivity index (χ4v) is 1.09. The molecule has 1 atom stereocenters. The van der Waals surface area contributed by atoms with Crippen molar-refractivity contribution in [3.63, 3.8) is 0 Å². The SMILES string of the molecule is [2H]C(CCCC)C([2H])([2H])C(=O)Oc1ccccc1. The van der Waals surface area contributed by atoms with E-state index in [4.69, 9.17) is 8.85 Å². The summed E-state index contributed by atoms with van der Waals surface area (Å²) in [7, 11) is 0. The molecule has 2 nitrogen and oxygen atoms in total. The quantitative estimate of drug-likeness (QED) is 0.529. The first-order chi connectivity index (χ1) is 8.48. The normalized spacial score (nSPS) is 15.9. The first kappa shape index (κ1) is 7.91. The van der Waals surface area contributed by atoms with Crippen molar-refractivity contribution in [1.82, 2.24) is 0 Å². The van der Waals surface area contributed by atoms with E-state index in [0.29, 0.717) is 12.2 Å². The lowest BCUT2D eigenvalue weighted by Crippen LogP contribution is -2.07. The molecule has 0 fully saturated rings.